The Morgan fingerprint density at radius 1 is 1.13 bits per heavy atom. The summed E-state index contributed by atoms with van der Waals surface area (Å²) in [5.41, 5.74) is 1.46. The second-order valence-corrected chi connectivity index (χ2v) is 6.27. The van der Waals surface area contributed by atoms with Crippen LogP contribution in [0.25, 0.3) is 0 Å². The van der Waals surface area contributed by atoms with Gasteiger partial charge in [-0.25, -0.2) is 4.98 Å². The Hall–Kier alpha value is -2.19. The van der Waals surface area contributed by atoms with Gasteiger partial charge in [0.1, 0.15) is 12.4 Å². The number of likely N-dealkylation sites (tertiary alicyclic amines) is 1. The predicted molar refractivity (Wildman–Crippen MR) is 88.7 cm³/mol. The molecule has 23 heavy (non-hydrogen) atoms. The molecular weight excluding hydrogens is 286 g/mol. The van der Waals surface area contributed by atoms with Gasteiger partial charge in [0, 0.05) is 6.54 Å². The maximum Gasteiger partial charge on any atom is 0.252 e. The summed E-state index contributed by atoms with van der Waals surface area (Å²) >= 11 is 0. The molecule has 0 atom stereocenters. The average molecular weight is 309 g/mol. The molecule has 2 aromatic rings. The first-order chi connectivity index (χ1) is 11.3. The van der Waals surface area contributed by atoms with Crippen LogP contribution in [0.5, 0.6) is 0 Å². The van der Waals surface area contributed by atoms with Crippen LogP contribution in [0.15, 0.2) is 36.7 Å². The monoisotopic (exact) mass is 309 g/mol. The van der Waals surface area contributed by atoms with Gasteiger partial charge in [0.15, 0.2) is 0 Å². The van der Waals surface area contributed by atoms with Gasteiger partial charge in [-0.05, 0) is 56.8 Å². The van der Waals surface area contributed by atoms with Crippen molar-refractivity contribution in [3.63, 3.8) is 0 Å². The van der Waals surface area contributed by atoms with Crippen molar-refractivity contribution in [3.8, 4) is 6.07 Å². The summed E-state index contributed by atoms with van der Waals surface area (Å²) in [7, 11) is 0. The SMILES string of the molecule is N#Cc1ncn(CCCN2CCC(Cc3ccccc3)CC2)n1. The molecular formula is C18H23N5. The minimum Gasteiger partial charge on any atom is -0.303 e. The number of rotatable bonds is 6. The van der Waals surface area contributed by atoms with Crippen molar-refractivity contribution in [2.45, 2.75) is 32.2 Å². The number of hydrogen-bond donors (Lipinski definition) is 0. The number of piperidine rings is 1. The van der Waals surface area contributed by atoms with Crippen molar-refractivity contribution >= 4 is 0 Å². The van der Waals surface area contributed by atoms with E-state index in [9.17, 15) is 0 Å². The predicted octanol–water partition coefficient (Wildman–Crippen LogP) is 2.49. The summed E-state index contributed by atoms with van der Waals surface area (Å²) < 4.78 is 1.76. The summed E-state index contributed by atoms with van der Waals surface area (Å²) in [6, 6.07) is 12.8. The van der Waals surface area contributed by atoms with Crippen LogP contribution < -0.4 is 0 Å². The summed E-state index contributed by atoms with van der Waals surface area (Å²) in [4.78, 5) is 6.47. The second-order valence-electron chi connectivity index (χ2n) is 6.27. The zero-order valence-corrected chi connectivity index (χ0v) is 13.4. The molecule has 1 fully saturated rings. The summed E-state index contributed by atoms with van der Waals surface area (Å²) in [6.45, 7) is 4.31. The largest absolute Gasteiger partial charge is 0.303 e. The minimum atomic E-state index is 0.256. The van der Waals surface area contributed by atoms with Crippen molar-refractivity contribution in [3.05, 3.63) is 48.0 Å². The van der Waals surface area contributed by atoms with E-state index in [1.807, 2.05) is 6.07 Å². The first-order valence-electron chi connectivity index (χ1n) is 8.39. The average Bonchev–Trinajstić information content (AvgIpc) is 3.05. The van der Waals surface area contributed by atoms with Gasteiger partial charge < -0.3 is 4.90 Å². The van der Waals surface area contributed by atoms with Crippen LogP contribution in [-0.4, -0.2) is 39.3 Å². The number of aromatic nitrogens is 3. The molecule has 0 N–H and O–H groups in total. The first kappa shape index (κ1) is 15.7. The van der Waals surface area contributed by atoms with Gasteiger partial charge in [-0.3, -0.25) is 4.68 Å². The van der Waals surface area contributed by atoms with E-state index in [1.165, 1.54) is 37.9 Å². The highest BCUT2D eigenvalue weighted by Crippen LogP contribution is 2.21. The van der Waals surface area contributed by atoms with E-state index in [-0.39, 0.29) is 5.82 Å². The maximum absolute atomic E-state index is 8.71. The summed E-state index contributed by atoms with van der Waals surface area (Å²) in [6.07, 6.45) is 6.49. The Kier molecular flexibility index (Phi) is 5.38. The summed E-state index contributed by atoms with van der Waals surface area (Å²) in [5.74, 6) is 1.08. The highest BCUT2D eigenvalue weighted by atomic mass is 15.3. The highest BCUT2D eigenvalue weighted by Gasteiger charge is 2.19. The Morgan fingerprint density at radius 2 is 1.91 bits per heavy atom. The van der Waals surface area contributed by atoms with Gasteiger partial charge in [-0.2, -0.15) is 5.26 Å². The lowest BCUT2D eigenvalue weighted by atomic mass is 9.90. The smallest absolute Gasteiger partial charge is 0.252 e. The Bertz CT molecular complexity index is 635. The Labute approximate surface area is 137 Å². The number of nitriles is 1. The van der Waals surface area contributed by atoms with Crippen molar-refractivity contribution in [2.75, 3.05) is 19.6 Å². The molecule has 0 saturated carbocycles. The van der Waals surface area contributed by atoms with E-state index in [4.69, 9.17) is 5.26 Å². The number of benzene rings is 1. The molecule has 0 bridgehead atoms. The minimum absolute atomic E-state index is 0.256. The van der Waals surface area contributed by atoms with Gasteiger partial charge in [0.05, 0.1) is 0 Å². The number of nitrogens with zero attached hydrogens (tertiary/aromatic N) is 5. The normalized spacial score (nSPS) is 16.3. The van der Waals surface area contributed by atoms with E-state index in [0.29, 0.717) is 0 Å². The first-order valence-corrected chi connectivity index (χ1v) is 8.39. The summed E-state index contributed by atoms with van der Waals surface area (Å²) in [5, 5.41) is 12.8. The number of hydrogen-bond acceptors (Lipinski definition) is 4. The molecule has 1 aromatic carbocycles. The second kappa shape index (κ2) is 7.89. The van der Waals surface area contributed by atoms with Crippen LogP contribution in [0.1, 0.15) is 30.7 Å². The fraction of sp³-hybridized carbons (Fsp3) is 0.500. The van der Waals surface area contributed by atoms with E-state index < -0.39 is 0 Å². The molecule has 0 spiro atoms. The number of aryl methyl sites for hydroxylation is 1. The van der Waals surface area contributed by atoms with Crippen LogP contribution in [0.2, 0.25) is 0 Å². The fourth-order valence-corrected chi connectivity index (χ4v) is 3.27. The van der Waals surface area contributed by atoms with E-state index in [0.717, 1.165) is 25.4 Å². The molecule has 1 aliphatic heterocycles. The molecule has 0 unspecified atom stereocenters. The van der Waals surface area contributed by atoms with Crippen molar-refractivity contribution in [1.29, 1.82) is 5.26 Å². The third kappa shape index (κ3) is 4.64. The zero-order valence-electron chi connectivity index (χ0n) is 13.4. The molecule has 3 rings (SSSR count). The van der Waals surface area contributed by atoms with Gasteiger partial charge >= 0.3 is 0 Å². The molecule has 1 aliphatic rings. The molecule has 1 saturated heterocycles. The van der Waals surface area contributed by atoms with E-state index >= 15 is 0 Å². The lowest BCUT2D eigenvalue weighted by Gasteiger charge is -2.32. The van der Waals surface area contributed by atoms with Crippen molar-refractivity contribution in [2.24, 2.45) is 5.92 Å². The van der Waals surface area contributed by atoms with Crippen LogP contribution in [0.4, 0.5) is 0 Å². The third-order valence-corrected chi connectivity index (χ3v) is 4.57. The Morgan fingerprint density at radius 3 is 2.61 bits per heavy atom. The lowest BCUT2D eigenvalue weighted by molar-refractivity contribution is 0.179. The topological polar surface area (TPSA) is 57.7 Å². The molecule has 0 radical (unpaired) electrons. The highest BCUT2D eigenvalue weighted by molar-refractivity contribution is 5.15. The van der Waals surface area contributed by atoms with Gasteiger partial charge in [-0.1, -0.05) is 30.3 Å². The molecule has 0 amide bonds. The maximum atomic E-state index is 8.71. The molecule has 2 heterocycles. The molecule has 1 aromatic heterocycles. The standard InChI is InChI=1S/C18H23N5/c19-14-18-20-15-23(21-18)10-4-9-22-11-7-17(8-12-22)13-16-5-2-1-3-6-16/h1-3,5-6,15,17H,4,7-13H2. The van der Waals surface area contributed by atoms with Crippen molar-refractivity contribution in [1.82, 2.24) is 19.7 Å². The molecule has 5 heteroatoms. The molecule has 5 nitrogen and oxygen atoms in total. The van der Waals surface area contributed by atoms with Crippen LogP contribution in [-0.2, 0) is 13.0 Å². The molecule has 0 aliphatic carbocycles. The lowest BCUT2D eigenvalue weighted by Crippen LogP contribution is -2.35. The fourth-order valence-electron chi connectivity index (χ4n) is 3.27. The zero-order chi connectivity index (χ0) is 15.9. The van der Waals surface area contributed by atoms with Crippen LogP contribution in [0, 0.1) is 17.2 Å². The van der Waals surface area contributed by atoms with Gasteiger partial charge in [0.2, 0.25) is 0 Å². The van der Waals surface area contributed by atoms with Gasteiger partial charge in [0.25, 0.3) is 5.82 Å². The molecule has 120 valence electrons. The Balaban J connectivity index is 1.35. The van der Waals surface area contributed by atoms with E-state index in [1.54, 1.807) is 11.0 Å². The van der Waals surface area contributed by atoms with Crippen LogP contribution >= 0.6 is 0 Å². The van der Waals surface area contributed by atoms with Crippen molar-refractivity contribution < 1.29 is 0 Å². The quantitative estimate of drug-likeness (QED) is 0.822. The third-order valence-electron chi connectivity index (χ3n) is 4.57. The van der Waals surface area contributed by atoms with Crippen LogP contribution in [0.3, 0.4) is 0 Å². The van der Waals surface area contributed by atoms with Gasteiger partial charge in [-0.15, -0.1) is 5.10 Å². The van der Waals surface area contributed by atoms with E-state index in [2.05, 4.69) is 45.3 Å².